The average Bonchev–Trinajstić information content (AvgIpc) is 2.35. The number of nitrogens with zero attached hydrogens (tertiary/aromatic N) is 1. The molecule has 0 saturated carbocycles. The van der Waals surface area contributed by atoms with Gasteiger partial charge < -0.3 is 4.79 Å². The molecule has 2 nitrogen and oxygen atoms in total. The first-order chi connectivity index (χ1) is 5.54. The van der Waals surface area contributed by atoms with Crippen molar-refractivity contribution in [3.63, 3.8) is 0 Å². The summed E-state index contributed by atoms with van der Waals surface area (Å²) >= 11 is 0. The van der Waals surface area contributed by atoms with Crippen LogP contribution >= 0.6 is 0 Å². The van der Waals surface area contributed by atoms with Gasteiger partial charge in [-0.2, -0.15) is 0 Å². The Kier molecular flexibility index (Phi) is 2.89. The average molecular weight is 169 g/mol. The van der Waals surface area contributed by atoms with Crippen LogP contribution in [0.2, 0.25) is 0 Å². The van der Waals surface area contributed by atoms with Crippen molar-refractivity contribution in [2.75, 3.05) is 19.6 Å². The normalized spacial score (nSPS) is 26.1. The second kappa shape index (κ2) is 3.56. The molecule has 12 heavy (non-hydrogen) atoms. The van der Waals surface area contributed by atoms with Gasteiger partial charge in [-0.1, -0.05) is 20.8 Å². The molecule has 0 aromatic heterocycles. The Labute approximate surface area is 74.9 Å². The van der Waals surface area contributed by atoms with Gasteiger partial charge in [0.1, 0.15) is 6.29 Å². The zero-order valence-electron chi connectivity index (χ0n) is 8.34. The molecule has 0 amide bonds. The van der Waals surface area contributed by atoms with Crippen molar-refractivity contribution in [1.82, 2.24) is 4.90 Å². The number of carbonyl (C=O) groups is 1. The fraction of sp³-hybridized carbons (Fsp3) is 0.900. The highest BCUT2D eigenvalue weighted by Gasteiger charge is 2.31. The van der Waals surface area contributed by atoms with Gasteiger partial charge in [0.15, 0.2) is 0 Å². The highest BCUT2D eigenvalue weighted by Crippen LogP contribution is 2.33. The van der Waals surface area contributed by atoms with Gasteiger partial charge in [-0.15, -0.1) is 0 Å². The maximum Gasteiger partial charge on any atom is 0.133 e. The van der Waals surface area contributed by atoms with Crippen LogP contribution in [0.15, 0.2) is 0 Å². The van der Waals surface area contributed by atoms with E-state index in [2.05, 4.69) is 25.7 Å². The summed E-state index contributed by atoms with van der Waals surface area (Å²) in [6.45, 7) is 9.65. The quantitative estimate of drug-likeness (QED) is 0.585. The second-order valence-corrected chi connectivity index (χ2v) is 4.78. The molecule has 1 heterocycles. The molecule has 0 aliphatic carbocycles. The lowest BCUT2D eigenvalue weighted by Crippen LogP contribution is -2.27. The van der Waals surface area contributed by atoms with Gasteiger partial charge >= 0.3 is 0 Å². The molecule has 2 heteroatoms. The minimum absolute atomic E-state index is 0.400. The van der Waals surface area contributed by atoms with E-state index in [1.807, 2.05) is 0 Å². The van der Waals surface area contributed by atoms with Gasteiger partial charge in [0.05, 0.1) is 6.54 Å². The van der Waals surface area contributed by atoms with Crippen LogP contribution in [0.25, 0.3) is 0 Å². The molecular formula is C10H19NO. The summed E-state index contributed by atoms with van der Waals surface area (Å²) in [7, 11) is 0. The lowest BCUT2D eigenvalue weighted by molar-refractivity contribution is -0.108. The Hall–Kier alpha value is -0.370. The zero-order valence-corrected chi connectivity index (χ0v) is 8.34. The van der Waals surface area contributed by atoms with E-state index in [0.717, 1.165) is 25.3 Å². The summed E-state index contributed by atoms with van der Waals surface area (Å²) in [5.74, 6) is 0.762. The van der Waals surface area contributed by atoms with Crippen LogP contribution in [-0.2, 0) is 4.79 Å². The van der Waals surface area contributed by atoms with Gasteiger partial charge in [0, 0.05) is 6.54 Å². The van der Waals surface area contributed by atoms with E-state index >= 15 is 0 Å². The van der Waals surface area contributed by atoms with Gasteiger partial charge in [0.25, 0.3) is 0 Å². The van der Waals surface area contributed by atoms with Crippen LogP contribution < -0.4 is 0 Å². The molecule has 1 fully saturated rings. The summed E-state index contributed by atoms with van der Waals surface area (Å²) in [5, 5.41) is 0. The van der Waals surface area contributed by atoms with E-state index < -0.39 is 0 Å². The highest BCUT2D eigenvalue weighted by atomic mass is 16.1. The molecule has 0 radical (unpaired) electrons. The third-order valence-electron chi connectivity index (χ3n) is 2.83. The van der Waals surface area contributed by atoms with Gasteiger partial charge in [-0.05, 0) is 24.3 Å². The number of carbonyl (C=O) groups excluding carboxylic acids is 1. The van der Waals surface area contributed by atoms with Crippen molar-refractivity contribution in [2.45, 2.75) is 27.2 Å². The molecule has 1 aliphatic heterocycles. The van der Waals surface area contributed by atoms with Crippen LogP contribution in [0.4, 0.5) is 0 Å². The molecule has 1 atom stereocenters. The molecule has 0 aromatic carbocycles. The van der Waals surface area contributed by atoms with E-state index in [0.29, 0.717) is 12.0 Å². The molecule has 0 N–H and O–H groups in total. The monoisotopic (exact) mass is 169 g/mol. The van der Waals surface area contributed by atoms with E-state index in [9.17, 15) is 4.79 Å². The first-order valence-electron chi connectivity index (χ1n) is 4.70. The zero-order chi connectivity index (χ0) is 9.19. The van der Waals surface area contributed by atoms with Gasteiger partial charge in [-0.25, -0.2) is 0 Å². The Morgan fingerprint density at radius 2 is 2.17 bits per heavy atom. The van der Waals surface area contributed by atoms with E-state index in [1.54, 1.807) is 0 Å². The number of hydrogen-bond donors (Lipinski definition) is 0. The van der Waals surface area contributed by atoms with Crippen LogP contribution in [0.1, 0.15) is 27.2 Å². The second-order valence-electron chi connectivity index (χ2n) is 4.78. The largest absolute Gasteiger partial charge is 0.302 e. The predicted octanol–water partition coefficient (Wildman–Crippen LogP) is 1.55. The topological polar surface area (TPSA) is 20.3 Å². The van der Waals surface area contributed by atoms with Crippen LogP contribution in [0.5, 0.6) is 0 Å². The third-order valence-corrected chi connectivity index (χ3v) is 2.83. The van der Waals surface area contributed by atoms with Crippen molar-refractivity contribution in [1.29, 1.82) is 0 Å². The first kappa shape index (κ1) is 9.72. The summed E-state index contributed by atoms with van der Waals surface area (Å²) in [6, 6.07) is 0. The Bertz CT molecular complexity index is 160. The van der Waals surface area contributed by atoms with Crippen molar-refractivity contribution < 1.29 is 4.79 Å². The molecule has 1 rings (SSSR count). The highest BCUT2D eigenvalue weighted by molar-refractivity contribution is 5.52. The SMILES string of the molecule is CC(C)(C)C1CCN(CC=O)C1. The molecule has 0 bridgehead atoms. The van der Waals surface area contributed by atoms with Crippen molar-refractivity contribution in [2.24, 2.45) is 11.3 Å². The van der Waals surface area contributed by atoms with Gasteiger partial charge in [0.2, 0.25) is 0 Å². The van der Waals surface area contributed by atoms with Gasteiger partial charge in [-0.3, -0.25) is 4.90 Å². The molecule has 0 aromatic rings. The maximum absolute atomic E-state index is 10.3. The summed E-state index contributed by atoms with van der Waals surface area (Å²) < 4.78 is 0. The molecule has 1 unspecified atom stereocenters. The van der Waals surface area contributed by atoms with E-state index in [4.69, 9.17) is 0 Å². The Morgan fingerprint density at radius 1 is 1.50 bits per heavy atom. The minimum Gasteiger partial charge on any atom is -0.302 e. The maximum atomic E-state index is 10.3. The Balaban J connectivity index is 2.40. The molecule has 1 saturated heterocycles. The molecule has 0 spiro atoms. The van der Waals surface area contributed by atoms with E-state index in [1.165, 1.54) is 6.42 Å². The predicted molar refractivity (Wildman–Crippen MR) is 50.1 cm³/mol. The number of likely N-dealkylation sites (tertiary alicyclic amines) is 1. The van der Waals surface area contributed by atoms with Crippen LogP contribution in [0.3, 0.4) is 0 Å². The smallest absolute Gasteiger partial charge is 0.133 e. The fourth-order valence-electron chi connectivity index (χ4n) is 1.81. The minimum atomic E-state index is 0.400. The molecule has 1 aliphatic rings. The fourth-order valence-corrected chi connectivity index (χ4v) is 1.81. The third kappa shape index (κ3) is 2.31. The van der Waals surface area contributed by atoms with Crippen LogP contribution in [0, 0.1) is 11.3 Å². The summed E-state index contributed by atoms with van der Waals surface area (Å²) in [6.07, 6.45) is 2.25. The summed E-state index contributed by atoms with van der Waals surface area (Å²) in [4.78, 5) is 12.5. The van der Waals surface area contributed by atoms with E-state index in [-0.39, 0.29) is 0 Å². The summed E-state index contributed by atoms with van der Waals surface area (Å²) in [5.41, 5.74) is 0.400. The lowest BCUT2D eigenvalue weighted by atomic mass is 9.80. The number of hydrogen-bond acceptors (Lipinski definition) is 2. The van der Waals surface area contributed by atoms with Crippen molar-refractivity contribution >= 4 is 6.29 Å². The van der Waals surface area contributed by atoms with Crippen molar-refractivity contribution in [3.8, 4) is 0 Å². The standard InChI is InChI=1S/C10H19NO/c1-10(2,3)9-4-5-11(8-9)6-7-12/h7,9H,4-6,8H2,1-3H3. The molecular weight excluding hydrogens is 150 g/mol. The first-order valence-corrected chi connectivity index (χ1v) is 4.70. The number of rotatable bonds is 2. The molecule has 70 valence electrons. The lowest BCUT2D eigenvalue weighted by Gasteiger charge is -2.26. The number of aldehydes is 1. The van der Waals surface area contributed by atoms with Crippen molar-refractivity contribution in [3.05, 3.63) is 0 Å². The Morgan fingerprint density at radius 3 is 2.58 bits per heavy atom. The van der Waals surface area contributed by atoms with Crippen LogP contribution in [-0.4, -0.2) is 30.8 Å².